The zero-order valence-corrected chi connectivity index (χ0v) is 15.7. The second-order valence-electron chi connectivity index (χ2n) is 6.70. The lowest BCUT2D eigenvalue weighted by Gasteiger charge is -2.28. The van der Waals surface area contributed by atoms with Gasteiger partial charge in [0.05, 0.1) is 18.8 Å². The van der Waals surface area contributed by atoms with E-state index < -0.39 is 5.56 Å². The van der Waals surface area contributed by atoms with Gasteiger partial charge in [0.25, 0.3) is 11.4 Å². The van der Waals surface area contributed by atoms with Crippen LogP contribution < -0.4 is 11.3 Å². The number of halogens is 1. The molecular weight excluding hydrogens is 375 g/mol. The maximum Gasteiger partial charge on any atom is 0.285 e. The van der Waals surface area contributed by atoms with Gasteiger partial charge in [0.15, 0.2) is 0 Å². The average Bonchev–Trinajstić information content (AvgIpc) is 3.08. The maximum atomic E-state index is 14.7. The lowest BCUT2D eigenvalue weighted by Crippen LogP contribution is -2.44. The number of benzene rings is 2. The van der Waals surface area contributed by atoms with Gasteiger partial charge in [-0.2, -0.15) is 10.1 Å². The first-order valence-electron chi connectivity index (χ1n) is 9.30. The summed E-state index contributed by atoms with van der Waals surface area (Å²) in [6, 6.07) is 14.2. The molecule has 1 aliphatic rings. The van der Waals surface area contributed by atoms with Crippen LogP contribution >= 0.6 is 0 Å². The first-order valence-corrected chi connectivity index (χ1v) is 9.30. The highest BCUT2D eigenvalue weighted by molar-refractivity contribution is 5.86. The van der Waals surface area contributed by atoms with Crippen LogP contribution in [0.5, 0.6) is 0 Å². The third-order valence-corrected chi connectivity index (χ3v) is 4.82. The smallest absolute Gasteiger partial charge is 0.285 e. The van der Waals surface area contributed by atoms with E-state index in [4.69, 9.17) is 15.0 Å². The van der Waals surface area contributed by atoms with Crippen LogP contribution in [0.2, 0.25) is 0 Å². The van der Waals surface area contributed by atoms with Crippen molar-refractivity contribution in [3.05, 3.63) is 75.8 Å². The molecule has 1 saturated heterocycles. The van der Waals surface area contributed by atoms with Crippen molar-refractivity contribution in [1.29, 1.82) is 0 Å². The standard InChI is InChI=1S/C21H21FN4O3/c22-18-11-14(6-7-16(18)15-4-2-1-3-5-15)10-17-20(27)25-29-21(17)24-19-12-28-9-8-26(19)13-23/h1-7,11H,8-10,12-13,23H2,(H,25,27). The third kappa shape index (κ3) is 4.13. The number of aliphatic imine (C=N–C) groups is 1. The Bertz CT molecular complexity index is 1080. The summed E-state index contributed by atoms with van der Waals surface area (Å²) in [6.07, 6.45) is 0.188. The van der Waals surface area contributed by atoms with Crippen molar-refractivity contribution in [2.24, 2.45) is 10.7 Å². The molecule has 0 bridgehead atoms. The Morgan fingerprint density at radius 2 is 2.03 bits per heavy atom. The van der Waals surface area contributed by atoms with Gasteiger partial charge in [-0.05, 0) is 17.2 Å². The maximum absolute atomic E-state index is 14.7. The van der Waals surface area contributed by atoms with E-state index in [9.17, 15) is 9.18 Å². The number of ether oxygens (including phenoxy) is 1. The lowest BCUT2D eigenvalue weighted by molar-refractivity contribution is 0.117. The molecule has 0 spiro atoms. The number of nitrogens with one attached hydrogen (secondary N) is 1. The fraction of sp³-hybridized carbons (Fsp3) is 0.238. The molecule has 0 radical (unpaired) electrons. The molecule has 0 amide bonds. The Balaban J connectivity index is 1.61. The zero-order chi connectivity index (χ0) is 20.2. The average molecular weight is 396 g/mol. The van der Waals surface area contributed by atoms with E-state index in [1.165, 1.54) is 6.07 Å². The second kappa shape index (κ2) is 8.42. The summed E-state index contributed by atoms with van der Waals surface area (Å²) in [5, 5.41) is 2.31. The number of aromatic nitrogens is 1. The van der Waals surface area contributed by atoms with Crippen LogP contribution in [0.1, 0.15) is 11.1 Å². The number of amidine groups is 1. The highest BCUT2D eigenvalue weighted by Gasteiger charge is 2.20. The number of H-pyrrole nitrogens is 1. The van der Waals surface area contributed by atoms with E-state index in [0.29, 0.717) is 42.3 Å². The number of nitrogens with two attached hydrogens (primary N) is 1. The predicted molar refractivity (Wildman–Crippen MR) is 108 cm³/mol. The fourth-order valence-electron chi connectivity index (χ4n) is 3.26. The quantitative estimate of drug-likeness (QED) is 0.691. The second-order valence-corrected chi connectivity index (χ2v) is 6.70. The molecule has 0 aliphatic carbocycles. The molecule has 2 heterocycles. The predicted octanol–water partition coefficient (Wildman–Crippen LogP) is 2.64. The van der Waals surface area contributed by atoms with Crippen molar-refractivity contribution in [1.82, 2.24) is 10.1 Å². The highest BCUT2D eigenvalue weighted by Crippen LogP contribution is 2.26. The van der Waals surface area contributed by atoms with Crippen LogP contribution in [-0.4, -0.2) is 42.3 Å². The van der Waals surface area contributed by atoms with Crippen LogP contribution in [0.4, 0.5) is 10.3 Å². The van der Waals surface area contributed by atoms with Crippen LogP contribution in [0.15, 0.2) is 62.8 Å². The van der Waals surface area contributed by atoms with E-state index in [0.717, 1.165) is 5.56 Å². The zero-order valence-electron chi connectivity index (χ0n) is 15.7. The van der Waals surface area contributed by atoms with Crippen LogP contribution in [0, 0.1) is 5.82 Å². The Hall–Kier alpha value is -3.23. The molecule has 1 fully saturated rings. The Labute approximate surface area is 166 Å². The van der Waals surface area contributed by atoms with Gasteiger partial charge in [-0.25, -0.2) is 4.39 Å². The molecule has 29 heavy (non-hydrogen) atoms. The van der Waals surface area contributed by atoms with E-state index in [2.05, 4.69) is 10.1 Å². The Morgan fingerprint density at radius 1 is 1.21 bits per heavy atom. The molecule has 2 aromatic carbocycles. The molecule has 0 saturated carbocycles. The largest absolute Gasteiger partial charge is 0.372 e. The normalized spacial score (nSPS) is 15.8. The number of rotatable bonds is 5. The number of morpholine rings is 1. The Morgan fingerprint density at radius 3 is 2.79 bits per heavy atom. The van der Waals surface area contributed by atoms with Gasteiger partial charge in [-0.1, -0.05) is 42.5 Å². The van der Waals surface area contributed by atoms with Gasteiger partial charge in [-0.3, -0.25) is 4.79 Å². The number of aromatic amines is 1. The van der Waals surface area contributed by atoms with Gasteiger partial charge in [-0.15, -0.1) is 0 Å². The third-order valence-electron chi connectivity index (χ3n) is 4.82. The molecule has 1 aliphatic heterocycles. The van der Waals surface area contributed by atoms with E-state index in [1.54, 1.807) is 12.1 Å². The van der Waals surface area contributed by atoms with Gasteiger partial charge < -0.3 is 19.9 Å². The van der Waals surface area contributed by atoms with E-state index in [-0.39, 0.29) is 24.7 Å². The SMILES string of the molecule is NCN1CCOCC1=Nc1o[nH]c(=O)c1Cc1ccc(-c2ccccc2)c(F)c1. The summed E-state index contributed by atoms with van der Waals surface area (Å²) >= 11 is 0. The summed E-state index contributed by atoms with van der Waals surface area (Å²) in [4.78, 5) is 18.5. The monoisotopic (exact) mass is 396 g/mol. The number of hydrogen-bond donors (Lipinski definition) is 2. The van der Waals surface area contributed by atoms with Crippen LogP contribution in [-0.2, 0) is 11.2 Å². The minimum Gasteiger partial charge on any atom is -0.372 e. The molecule has 4 rings (SSSR count). The molecule has 1 aromatic heterocycles. The van der Waals surface area contributed by atoms with E-state index in [1.807, 2.05) is 35.2 Å². The molecule has 0 atom stereocenters. The highest BCUT2D eigenvalue weighted by atomic mass is 19.1. The van der Waals surface area contributed by atoms with Crippen molar-refractivity contribution in [2.75, 3.05) is 26.4 Å². The van der Waals surface area contributed by atoms with Gasteiger partial charge in [0, 0.05) is 18.5 Å². The van der Waals surface area contributed by atoms with Crippen molar-refractivity contribution >= 4 is 11.7 Å². The van der Waals surface area contributed by atoms with Crippen LogP contribution in [0.3, 0.4) is 0 Å². The topological polar surface area (TPSA) is 96.8 Å². The van der Waals surface area contributed by atoms with Gasteiger partial charge >= 0.3 is 0 Å². The minimum absolute atomic E-state index is 0.154. The summed E-state index contributed by atoms with van der Waals surface area (Å²) in [7, 11) is 0. The molecule has 3 N–H and O–H groups in total. The molecule has 8 heteroatoms. The molecule has 0 unspecified atom stereocenters. The summed E-state index contributed by atoms with van der Waals surface area (Å²) < 4.78 is 25.3. The van der Waals surface area contributed by atoms with Crippen molar-refractivity contribution in [3.8, 4) is 11.1 Å². The summed E-state index contributed by atoms with van der Waals surface area (Å²) in [5.74, 6) is 0.395. The molecule has 3 aromatic rings. The van der Waals surface area contributed by atoms with E-state index >= 15 is 0 Å². The van der Waals surface area contributed by atoms with Crippen molar-refractivity contribution in [3.63, 3.8) is 0 Å². The van der Waals surface area contributed by atoms with Crippen molar-refractivity contribution < 1.29 is 13.7 Å². The Kier molecular flexibility index (Phi) is 5.55. The van der Waals surface area contributed by atoms with Crippen molar-refractivity contribution in [2.45, 2.75) is 6.42 Å². The van der Waals surface area contributed by atoms with Crippen LogP contribution in [0.25, 0.3) is 11.1 Å². The van der Waals surface area contributed by atoms with Gasteiger partial charge in [0.2, 0.25) is 0 Å². The lowest BCUT2D eigenvalue weighted by atomic mass is 10.0. The molecule has 150 valence electrons. The minimum atomic E-state index is -0.395. The summed E-state index contributed by atoms with van der Waals surface area (Å²) in [6.45, 7) is 1.75. The number of hydrogen-bond acceptors (Lipinski definition) is 5. The molecule has 7 nitrogen and oxygen atoms in total. The number of nitrogens with zero attached hydrogens (tertiary/aromatic N) is 2. The van der Waals surface area contributed by atoms with Gasteiger partial charge in [0.1, 0.15) is 18.3 Å². The summed E-state index contributed by atoms with van der Waals surface area (Å²) in [5.41, 5.74) is 7.62. The first kappa shape index (κ1) is 19.1. The first-order chi connectivity index (χ1) is 14.2. The fourth-order valence-corrected chi connectivity index (χ4v) is 3.26. The molecular formula is C21H21FN4O3.